The molecule has 0 aromatic heterocycles. The lowest BCUT2D eigenvalue weighted by molar-refractivity contribution is -0.130. The lowest BCUT2D eigenvalue weighted by Crippen LogP contribution is -2.44. The quantitative estimate of drug-likeness (QED) is 0.524. The fourth-order valence-electron chi connectivity index (χ4n) is 0.780. The number of amides is 1. The summed E-state index contributed by atoms with van der Waals surface area (Å²) >= 11 is 0. The van der Waals surface area contributed by atoms with Gasteiger partial charge in [-0.15, -0.1) is 0 Å². The Kier molecular flexibility index (Phi) is 4.85. The minimum absolute atomic E-state index is 0.0316. The third kappa shape index (κ3) is 2.79. The number of aliphatic hydroxyl groups is 1. The Hall–Kier alpha value is -0.610. The van der Waals surface area contributed by atoms with Gasteiger partial charge in [0.05, 0.1) is 12.0 Å². The van der Waals surface area contributed by atoms with Crippen molar-refractivity contribution in [3.63, 3.8) is 0 Å². The lowest BCUT2D eigenvalue weighted by Gasteiger charge is -2.24. The zero-order valence-electron chi connectivity index (χ0n) is 7.76. The molecule has 1 atom stereocenters. The second-order valence-electron chi connectivity index (χ2n) is 3.10. The molecule has 4 heteroatoms. The molecule has 0 fully saturated rings. The molecule has 0 saturated carbocycles. The average molecular weight is 174 g/mol. The Labute approximate surface area is 73.1 Å². The molecule has 72 valence electrons. The molecule has 0 aliphatic heterocycles. The Balaban J connectivity index is 4.03. The monoisotopic (exact) mass is 174 g/mol. The SMILES string of the molecule is CCC(C)(CN)C(=O)NCCO. The minimum atomic E-state index is -0.491. The molecular weight excluding hydrogens is 156 g/mol. The van der Waals surface area contributed by atoms with E-state index in [-0.39, 0.29) is 12.5 Å². The van der Waals surface area contributed by atoms with Crippen LogP contribution in [0.4, 0.5) is 0 Å². The molecule has 0 aromatic carbocycles. The van der Waals surface area contributed by atoms with Crippen molar-refractivity contribution < 1.29 is 9.90 Å². The predicted molar refractivity (Wildman–Crippen MR) is 47.5 cm³/mol. The van der Waals surface area contributed by atoms with Crippen LogP contribution in [0.15, 0.2) is 0 Å². The molecule has 12 heavy (non-hydrogen) atoms. The summed E-state index contributed by atoms with van der Waals surface area (Å²) in [6.45, 7) is 4.34. The van der Waals surface area contributed by atoms with E-state index in [1.54, 1.807) is 0 Å². The van der Waals surface area contributed by atoms with E-state index in [1.807, 2.05) is 13.8 Å². The summed E-state index contributed by atoms with van der Waals surface area (Å²) in [4.78, 5) is 11.4. The van der Waals surface area contributed by atoms with E-state index < -0.39 is 5.41 Å². The van der Waals surface area contributed by atoms with Crippen LogP contribution in [0.5, 0.6) is 0 Å². The number of carbonyl (C=O) groups excluding carboxylic acids is 1. The third-order valence-corrected chi connectivity index (χ3v) is 2.18. The van der Waals surface area contributed by atoms with Crippen LogP contribution >= 0.6 is 0 Å². The molecule has 1 unspecified atom stereocenters. The normalized spacial score (nSPS) is 15.3. The van der Waals surface area contributed by atoms with E-state index in [9.17, 15) is 4.79 Å². The van der Waals surface area contributed by atoms with E-state index >= 15 is 0 Å². The highest BCUT2D eigenvalue weighted by atomic mass is 16.3. The average Bonchev–Trinajstić information content (AvgIpc) is 2.12. The maximum absolute atomic E-state index is 11.4. The van der Waals surface area contributed by atoms with E-state index in [4.69, 9.17) is 10.8 Å². The fraction of sp³-hybridized carbons (Fsp3) is 0.875. The first-order chi connectivity index (χ1) is 5.60. The maximum Gasteiger partial charge on any atom is 0.227 e. The Bertz CT molecular complexity index is 144. The van der Waals surface area contributed by atoms with Crippen molar-refractivity contribution in [1.82, 2.24) is 5.32 Å². The van der Waals surface area contributed by atoms with Crippen LogP contribution in [0.3, 0.4) is 0 Å². The van der Waals surface area contributed by atoms with Crippen molar-refractivity contribution in [3.8, 4) is 0 Å². The van der Waals surface area contributed by atoms with Gasteiger partial charge in [0.1, 0.15) is 0 Å². The highest BCUT2D eigenvalue weighted by Gasteiger charge is 2.28. The molecule has 4 nitrogen and oxygen atoms in total. The summed E-state index contributed by atoms with van der Waals surface area (Å²) in [6, 6.07) is 0. The van der Waals surface area contributed by atoms with Gasteiger partial charge in [0.25, 0.3) is 0 Å². The van der Waals surface area contributed by atoms with E-state index in [0.717, 1.165) is 0 Å². The Morgan fingerprint density at radius 2 is 2.25 bits per heavy atom. The zero-order valence-corrected chi connectivity index (χ0v) is 7.76. The van der Waals surface area contributed by atoms with Gasteiger partial charge in [-0.05, 0) is 13.3 Å². The van der Waals surface area contributed by atoms with Crippen LogP contribution in [0, 0.1) is 5.41 Å². The van der Waals surface area contributed by atoms with Crippen LogP contribution < -0.4 is 11.1 Å². The Morgan fingerprint density at radius 1 is 1.67 bits per heavy atom. The van der Waals surface area contributed by atoms with Crippen molar-refractivity contribution >= 4 is 5.91 Å². The first-order valence-electron chi connectivity index (χ1n) is 4.20. The highest BCUT2D eigenvalue weighted by molar-refractivity contribution is 5.82. The number of nitrogens with one attached hydrogen (secondary N) is 1. The van der Waals surface area contributed by atoms with Gasteiger partial charge in [0.15, 0.2) is 0 Å². The van der Waals surface area contributed by atoms with Crippen molar-refractivity contribution in [2.24, 2.45) is 11.1 Å². The van der Waals surface area contributed by atoms with Gasteiger partial charge < -0.3 is 16.2 Å². The molecular formula is C8H18N2O2. The van der Waals surface area contributed by atoms with Gasteiger partial charge in [0, 0.05) is 13.1 Å². The van der Waals surface area contributed by atoms with Gasteiger partial charge in [-0.3, -0.25) is 4.79 Å². The second kappa shape index (κ2) is 5.11. The summed E-state index contributed by atoms with van der Waals surface area (Å²) in [6.07, 6.45) is 0.709. The standard InChI is InChI=1S/C8H18N2O2/c1-3-8(2,6-9)7(12)10-4-5-11/h11H,3-6,9H2,1-2H3,(H,10,12). The van der Waals surface area contributed by atoms with Crippen molar-refractivity contribution in [1.29, 1.82) is 0 Å². The minimum Gasteiger partial charge on any atom is -0.395 e. The van der Waals surface area contributed by atoms with Crippen LogP contribution in [-0.2, 0) is 4.79 Å². The summed E-state index contributed by atoms with van der Waals surface area (Å²) in [5, 5.41) is 11.1. The summed E-state index contributed by atoms with van der Waals surface area (Å²) in [5.74, 6) is -0.0819. The highest BCUT2D eigenvalue weighted by Crippen LogP contribution is 2.18. The van der Waals surface area contributed by atoms with Gasteiger partial charge in [-0.25, -0.2) is 0 Å². The lowest BCUT2D eigenvalue weighted by atomic mass is 9.87. The van der Waals surface area contributed by atoms with E-state index in [1.165, 1.54) is 0 Å². The smallest absolute Gasteiger partial charge is 0.227 e. The van der Waals surface area contributed by atoms with Gasteiger partial charge >= 0.3 is 0 Å². The molecule has 0 saturated heterocycles. The van der Waals surface area contributed by atoms with Crippen molar-refractivity contribution in [2.45, 2.75) is 20.3 Å². The number of nitrogens with two attached hydrogens (primary N) is 1. The molecule has 0 radical (unpaired) electrons. The number of rotatable bonds is 5. The summed E-state index contributed by atoms with van der Waals surface area (Å²) < 4.78 is 0. The predicted octanol–water partition coefficient (Wildman–Crippen LogP) is -0.530. The third-order valence-electron chi connectivity index (χ3n) is 2.18. The molecule has 1 amide bonds. The van der Waals surface area contributed by atoms with Crippen LogP contribution in [0.25, 0.3) is 0 Å². The number of carbonyl (C=O) groups is 1. The molecule has 0 aliphatic rings. The van der Waals surface area contributed by atoms with Crippen LogP contribution in [-0.4, -0.2) is 30.7 Å². The van der Waals surface area contributed by atoms with Crippen LogP contribution in [0.1, 0.15) is 20.3 Å². The van der Waals surface area contributed by atoms with Gasteiger partial charge in [-0.2, -0.15) is 0 Å². The van der Waals surface area contributed by atoms with E-state index in [2.05, 4.69) is 5.32 Å². The first-order valence-corrected chi connectivity index (χ1v) is 4.20. The maximum atomic E-state index is 11.4. The number of hydrogen-bond donors (Lipinski definition) is 3. The van der Waals surface area contributed by atoms with Gasteiger partial charge in [-0.1, -0.05) is 6.92 Å². The fourth-order valence-corrected chi connectivity index (χ4v) is 0.780. The van der Waals surface area contributed by atoms with E-state index in [0.29, 0.717) is 19.5 Å². The molecule has 0 spiro atoms. The second-order valence-corrected chi connectivity index (χ2v) is 3.10. The van der Waals surface area contributed by atoms with Gasteiger partial charge in [0.2, 0.25) is 5.91 Å². The van der Waals surface area contributed by atoms with Crippen molar-refractivity contribution in [3.05, 3.63) is 0 Å². The Morgan fingerprint density at radius 3 is 2.58 bits per heavy atom. The molecule has 0 aromatic rings. The molecule has 0 aliphatic carbocycles. The molecule has 4 N–H and O–H groups in total. The summed E-state index contributed by atoms with van der Waals surface area (Å²) in [5.41, 5.74) is 4.98. The largest absolute Gasteiger partial charge is 0.395 e. The number of hydrogen-bond acceptors (Lipinski definition) is 3. The number of aliphatic hydroxyl groups excluding tert-OH is 1. The zero-order chi connectivity index (χ0) is 9.61. The molecule has 0 bridgehead atoms. The molecule has 0 rings (SSSR count). The van der Waals surface area contributed by atoms with Crippen molar-refractivity contribution in [2.75, 3.05) is 19.7 Å². The summed E-state index contributed by atoms with van der Waals surface area (Å²) in [7, 11) is 0. The van der Waals surface area contributed by atoms with Crippen LogP contribution in [0.2, 0.25) is 0 Å². The molecule has 0 heterocycles. The first kappa shape index (κ1) is 11.4. The topological polar surface area (TPSA) is 75.4 Å².